The predicted molar refractivity (Wildman–Crippen MR) is 96.7 cm³/mol. The Kier molecular flexibility index (Phi) is 5.35. The smallest absolute Gasteiger partial charge is 0.277 e. The number of thioether (sulfide) groups is 1. The molecule has 6 nitrogen and oxygen atoms in total. The fourth-order valence-electron chi connectivity index (χ4n) is 2.14. The Labute approximate surface area is 149 Å². The molecule has 1 atom stereocenters. The van der Waals surface area contributed by atoms with E-state index in [2.05, 4.69) is 15.5 Å². The first kappa shape index (κ1) is 17.0. The fourth-order valence-corrected chi connectivity index (χ4v) is 2.83. The summed E-state index contributed by atoms with van der Waals surface area (Å²) in [6.45, 7) is 1.78. The van der Waals surface area contributed by atoms with Crippen molar-refractivity contribution in [2.75, 3.05) is 12.4 Å². The van der Waals surface area contributed by atoms with Crippen molar-refractivity contribution in [3.8, 4) is 17.2 Å². The predicted octanol–water partition coefficient (Wildman–Crippen LogP) is 3.86. The molecule has 3 aromatic rings. The van der Waals surface area contributed by atoms with Crippen molar-refractivity contribution in [1.29, 1.82) is 0 Å². The average molecular weight is 355 g/mol. The van der Waals surface area contributed by atoms with Crippen LogP contribution in [0.25, 0.3) is 11.5 Å². The number of amides is 1. The van der Waals surface area contributed by atoms with Gasteiger partial charge >= 0.3 is 0 Å². The third kappa shape index (κ3) is 4.19. The van der Waals surface area contributed by atoms with E-state index in [1.165, 1.54) is 11.8 Å². The molecular weight excluding hydrogens is 338 g/mol. The van der Waals surface area contributed by atoms with Crippen LogP contribution < -0.4 is 10.1 Å². The number of hydrogen-bond donors (Lipinski definition) is 1. The molecule has 25 heavy (non-hydrogen) atoms. The highest BCUT2D eigenvalue weighted by Crippen LogP contribution is 2.28. The number of aromatic nitrogens is 2. The quantitative estimate of drug-likeness (QED) is 0.677. The van der Waals surface area contributed by atoms with Crippen molar-refractivity contribution in [3.63, 3.8) is 0 Å². The summed E-state index contributed by atoms with van der Waals surface area (Å²) < 4.78 is 10.9. The summed E-state index contributed by atoms with van der Waals surface area (Å²) in [5.74, 6) is 0.867. The van der Waals surface area contributed by atoms with Crippen LogP contribution in [0.5, 0.6) is 5.75 Å². The summed E-state index contributed by atoms with van der Waals surface area (Å²) >= 11 is 1.21. The summed E-state index contributed by atoms with van der Waals surface area (Å²) in [5.41, 5.74) is 1.46. The van der Waals surface area contributed by atoms with Crippen LogP contribution in [0, 0.1) is 0 Å². The van der Waals surface area contributed by atoms with Gasteiger partial charge in [-0.1, -0.05) is 42.1 Å². The van der Waals surface area contributed by atoms with Gasteiger partial charge in [-0.2, -0.15) is 0 Å². The first-order chi connectivity index (χ1) is 12.2. The van der Waals surface area contributed by atoms with Crippen LogP contribution in [-0.2, 0) is 4.79 Å². The van der Waals surface area contributed by atoms with Crippen LogP contribution in [0.15, 0.2) is 64.2 Å². The normalized spacial score (nSPS) is 11.8. The Bertz CT molecular complexity index is 852. The Morgan fingerprint density at radius 2 is 1.84 bits per heavy atom. The molecule has 128 valence electrons. The van der Waals surface area contributed by atoms with Gasteiger partial charge in [-0.25, -0.2) is 0 Å². The Balaban J connectivity index is 1.65. The third-order valence-electron chi connectivity index (χ3n) is 3.44. The van der Waals surface area contributed by atoms with Gasteiger partial charge < -0.3 is 14.5 Å². The minimum absolute atomic E-state index is 0.172. The van der Waals surface area contributed by atoms with E-state index in [4.69, 9.17) is 9.15 Å². The maximum Gasteiger partial charge on any atom is 0.277 e. The third-order valence-corrected chi connectivity index (χ3v) is 4.37. The maximum absolute atomic E-state index is 12.4. The highest BCUT2D eigenvalue weighted by molar-refractivity contribution is 8.00. The summed E-state index contributed by atoms with van der Waals surface area (Å²) in [7, 11) is 1.56. The molecular formula is C18H17N3O3S. The topological polar surface area (TPSA) is 77.2 Å². The zero-order valence-electron chi connectivity index (χ0n) is 13.8. The van der Waals surface area contributed by atoms with E-state index in [9.17, 15) is 4.79 Å². The number of carbonyl (C=O) groups excluding carboxylic acids is 1. The lowest BCUT2D eigenvalue weighted by Gasteiger charge is -2.12. The van der Waals surface area contributed by atoms with Gasteiger partial charge in [0.1, 0.15) is 5.75 Å². The van der Waals surface area contributed by atoms with Gasteiger partial charge in [0, 0.05) is 5.56 Å². The van der Waals surface area contributed by atoms with Crippen molar-refractivity contribution in [2.24, 2.45) is 0 Å². The minimum Gasteiger partial charge on any atom is -0.495 e. The Morgan fingerprint density at radius 3 is 2.60 bits per heavy atom. The molecule has 0 saturated carbocycles. The first-order valence-electron chi connectivity index (χ1n) is 7.67. The number of hydrogen-bond acceptors (Lipinski definition) is 6. The van der Waals surface area contributed by atoms with Gasteiger partial charge in [0.15, 0.2) is 0 Å². The van der Waals surface area contributed by atoms with Crippen LogP contribution in [0.2, 0.25) is 0 Å². The summed E-state index contributed by atoms with van der Waals surface area (Å²) in [4.78, 5) is 12.4. The van der Waals surface area contributed by atoms with E-state index < -0.39 is 5.25 Å². The second-order valence-electron chi connectivity index (χ2n) is 5.19. The number of carbonyl (C=O) groups is 1. The van der Waals surface area contributed by atoms with E-state index in [0.29, 0.717) is 22.6 Å². The largest absolute Gasteiger partial charge is 0.495 e. The van der Waals surface area contributed by atoms with Crippen molar-refractivity contribution in [3.05, 3.63) is 54.6 Å². The van der Waals surface area contributed by atoms with Crippen molar-refractivity contribution in [1.82, 2.24) is 10.2 Å². The molecule has 0 unspecified atom stereocenters. The zero-order chi connectivity index (χ0) is 17.6. The van der Waals surface area contributed by atoms with E-state index >= 15 is 0 Å². The standard InChI is InChI=1S/C18H17N3O3S/c1-12(16(22)19-14-10-6-7-11-15(14)23-2)25-18-21-20-17(24-18)13-8-4-3-5-9-13/h3-12H,1-2H3,(H,19,22)/t12-/m1/s1. The van der Waals surface area contributed by atoms with Crippen LogP contribution >= 0.6 is 11.8 Å². The molecule has 0 fully saturated rings. The van der Waals surface area contributed by atoms with Gasteiger partial charge in [0.05, 0.1) is 18.0 Å². The molecule has 0 bridgehead atoms. The second kappa shape index (κ2) is 7.85. The van der Waals surface area contributed by atoms with Gasteiger partial charge in [-0.15, -0.1) is 10.2 Å². The summed E-state index contributed by atoms with van der Waals surface area (Å²) in [6, 6.07) is 16.7. The van der Waals surface area contributed by atoms with Crippen LogP contribution in [-0.4, -0.2) is 28.5 Å². The van der Waals surface area contributed by atoms with E-state index in [1.54, 1.807) is 26.2 Å². The molecule has 0 spiro atoms. The molecule has 1 heterocycles. The van der Waals surface area contributed by atoms with E-state index in [1.807, 2.05) is 42.5 Å². The van der Waals surface area contributed by atoms with Crippen LogP contribution in [0.1, 0.15) is 6.92 Å². The van der Waals surface area contributed by atoms with Gasteiger partial charge in [-0.05, 0) is 31.2 Å². The number of methoxy groups -OCH3 is 1. The molecule has 0 aliphatic carbocycles. The molecule has 7 heteroatoms. The number of rotatable bonds is 6. The monoisotopic (exact) mass is 355 g/mol. The summed E-state index contributed by atoms with van der Waals surface area (Å²) in [6.07, 6.45) is 0. The fraction of sp³-hybridized carbons (Fsp3) is 0.167. The molecule has 2 aromatic carbocycles. The molecule has 0 aliphatic heterocycles. The zero-order valence-corrected chi connectivity index (χ0v) is 14.6. The molecule has 0 radical (unpaired) electrons. The molecule has 0 saturated heterocycles. The van der Waals surface area contributed by atoms with Gasteiger partial charge in [0.2, 0.25) is 11.8 Å². The summed E-state index contributed by atoms with van der Waals surface area (Å²) in [5, 5.41) is 10.8. The number of ether oxygens (including phenoxy) is 1. The first-order valence-corrected chi connectivity index (χ1v) is 8.55. The number of benzene rings is 2. The van der Waals surface area contributed by atoms with Crippen molar-refractivity contribution in [2.45, 2.75) is 17.4 Å². The van der Waals surface area contributed by atoms with Crippen LogP contribution in [0.3, 0.4) is 0 Å². The lowest BCUT2D eigenvalue weighted by molar-refractivity contribution is -0.115. The highest BCUT2D eigenvalue weighted by atomic mass is 32.2. The van der Waals surface area contributed by atoms with Crippen molar-refractivity contribution >= 4 is 23.4 Å². The lowest BCUT2D eigenvalue weighted by atomic mass is 10.2. The second-order valence-corrected chi connectivity index (χ2v) is 6.48. The number of nitrogens with one attached hydrogen (secondary N) is 1. The lowest BCUT2D eigenvalue weighted by Crippen LogP contribution is -2.22. The SMILES string of the molecule is COc1ccccc1NC(=O)[C@@H](C)Sc1nnc(-c2ccccc2)o1. The molecule has 1 aromatic heterocycles. The number of nitrogens with zero attached hydrogens (tertiary/aromatic N) is 2. The van der Waals surface area contributed by atoms with E-state index in [-0.39, 0.29) is 5.91 Å². The molecule has 1 N–H and O–H groups in total. The molecule has 3 rings (SSSR count). The van der Waals surface area contributed by atoms with Gasteiger partial charge in [-0.3, -0.25) is 4.79 Å². The van der Waals surface area contributed by atoms with E-state index in [0.717, 1.165) is 5.56 Å². The molecule has 1 amide bonds. The Morgan fingerprint density at radius 1 is 1.12 bits per heavy atom. The van der Waals surface area contributed by atoms with Crippen molar-refractivity contribution < 1.29 is 13.9 Å². The Hall–Kier alpha value is -2.80. The average Bonchev–Trinajstić information content (AvgIpc) is 3.11. The molecule has 0 aliphatic rings. The van der Waals surface area contributed by atoms with Gasteiger partial charge in [0.25, 0.3) is 5.22 Å². The maximum atomic E-state index is 12.4. The number of para-hydroxylation sites is 2. The minimum atomic E-state index is -0.408. The number of anilines is 1. The highest BCUT2D eigenvalue weighted by Gasteiger charge is 2.19. The van der Waals surface area contributed by atoms with Crippen LogP contribution in [0.4, 0.5) is 5.69 Å².